The predicted molar refractivity (Wildman–Crippen MR) is 81.5 cm³/mol. The lowest BCUT2D eigenvalue weighted by molar-refractivity contribution is 0.411. The summed E-state index contributed by atoms with van der Waals surface area (Å²) in [4.78, 5) is 4.20. The predicted octanol–water partition coefficient (Wildman–Crippen LogP) is 4.06. The number of halogens is 1. The van der Waals surface area contributed by atoms with Crippen LogP contribution in [-0.2, 0) is 0 Å². The monoisotopic (exact) mass is 296 g/mol. The summed E-state index contributed by atoms with van der Waals surface area (Å²) in [6, 6.07) is 11.5. The Morgan fingerprint density at radius 2 is 1.86 bits per heavy atom. The summed E-state index contributed by atoms with van der Waals surface area (Å²) in [6.45, 7) is 1.70. The minimum atomic E-state index is -0.302. The van der Waals surface area contributed by atoms with E-state index in [4.69, 9.17) is 4.52 Å². The maximum Gasteiger partial charge on any atom is 0.250 e. The van der Waals surface area contributed by atoms with Crippen LogP contribution in [0.3, 0.4) is 0 Å². The first kappa shape index (κ1) is 14.0. The second-order valence-corrected chi connectivity index (χ2v) is 4.85. The highest BCUT2D eigenvalue weighted by Gasteiger charge is 2.08. The zero-order valence-electron chi connectivity index (χ0n) is 11.8. The Labute approximate surface area is 126 Å². The van der Waals surface area contributed by atoms with E-state index >= 15 is 0 Å². The summed E-state index contributed by atoms with van der Waals surface area (Å²) in [5, 5.41) is 13.1. The Bertz CT molecular complexity index is 823. The molecule has 4 nitrogen and oxygen atoms in total. The Morgan fingerprint density at radius 1 is 1.09 bits per heavy atom. The number of benzene rings is 2. The van der Waals surface area contributed by atoms with Gasteiger partial charge in [-0.2, -0.15) is 4.98 Å². The van der Waals surface area contributed by atoms with Gasteiger partial charge < -0.3 is 9.63 Å². The van der Waals surface area contributed by atoms with Crippen molar-refractivity contribution in [2.45, 2.75) is 6.92 Å². The largest absolute Gasteiger partial charge is 0.508 e. The van der Waals surface area contributed by atoms with Crippen molar-refractivity contribution in [2.75, 3.05) is 0 Å². The average Bonchev–Trinajstić information content (AvgIpc) is 2.98. The molecule has 3 rings (SSSR count). The van der Waals surface area contributed by atoms with Crippen molar-refractivity contribution >= 4 is 12.2 Å². The van der Waals surface area contributed by atoms with Crippen molar-refractivity contribution in [3.63, 3.8) is 0 Å². The molecule has 110 valence electrons. The first-order valence-corrected chi connectivity index (χ1v) is 6.69. The van der Waals surface area contributed by atoms with Crippen LogP contribution in [0.25, 0.3) is 23.5 Å². The third-order valence-electron chi connectivity index (χ3n) is 3.18. The van der Waals surface area contributed by atoms with Gasteiger partial charge in [0.15, 0.2) is 0 Å². The zero-order chi connectivity index (χ0) is 15.5. The highest BCUT2D eigenvalue weighted by Crippen LogP contribution is 2.20. The quantitative estimate of drug-likeness (QED) is 0.791. The van der Waals surface area contributed by atoms with Gasteiger partial charge in [0.25, 0.3) is 5.89 Å². The highest BCUT2D eigenvalue weighted by molar-refractivity contribution is 5.67. The molecule has 0 saturated heterocycles. The molecule has 0 unspecified atom stereocenters. The fourth-order valence-electron chi connectivity index (χ4n) is 1.91. The molecule has 0 aliphatic rings. The van der Waals surface area contributed by atoms with Crippen LogP contribution >= 0.6 is 0 Å². The number of hydrogen-bond acceptors (Lipinski definition) is 4. The summed E-state index contributed by atoms with van der Waals surface area (Å²) in [6.07, 6.45) is 3.44. The molecule has 0 amide bonds. The molecule has 0 atom stereocenters. The summed E-state index contributed by atoms with van der Waals surface area (Å²) < 4.78 is 18.7. The molecule has 0 fully saturated rings. The minimum Gasteiger partial charge on any atom is -0.508 e. The summed E-state index contributed by atoms with van der Waals surface area (Å²) in [5.41, 5.74) is 2.02. The number of aromatic nitrogens is 2. The molecule has 0 saturated carbocycles. The molecule has 0 radical (unpaired) electrons. The SMILES string of the molecule is Cc1ccc(-c2noc(C=Cc3ccc(O)cc3)n2)cc1F. The average molecular weight is 296 g/mol. The zero-order valence-corrected chi connectivity index (χ0v) is 11.8. The van der Waals surface area contributed by atoms with Gasteiger partial charge >= 0.3 is 0 Å². The molecule has 1 aromatic heterocycles. The van der Waals surface area contributed by atoms with Gasteiger partial charge in [0.1, 0.15) is 11.6 Å². The number of nitrogens with zero attached hydrogens (tertiary/aromatic N) is 2. The normalized spacial score (nSPS) is 11.2. The lowest BCUT2D eigenvalue weighted by Crippen LogP contribution is -1.86. The summed E-state index contributed by atoms with van der Waals surface area (Å²) in [5.74, 6) is 0.565. The Balaban J connectivity index is 1.81. The highest BCUT2D eigenvalue weighted by atomic mass is 19.1. The molecule has 2 aromatic carbocycles. The molecule has 0 aliphatic carbocycles. The maximum atomic E-state index is 13.6. The van der Waals surface area contributed by atoms with Gasteiger partial charge in [0.05, 0.1) is 0 Å². The van der Waals surface area contributed by atoms with E-state index in [9.17, 15) is 9.50 Å². The van der Waals surface area contributed by atoms with Gasteiger partial charge in [-0.25, -0.2) is 4.39 Å². The Morgan fingerprint density at radius 3 is 2.59 bits per heavy atom. The standard InChI is InChI=1S/C17H13FN2O2/c1-11-2-6-13(10-15(11)18)17-19-16(22-20-17)9-5-12-3-7-14(21)8-4-12/h2-10,21H,1H3. The van der Waals surface area contributed by atoms with Crippen LogP contribution in [-0.4, -0.2) is 15.2 Å². The van der Waals surface area contributed by atoms with E-state index in [1.54, 1.807) is 55.5 Å². The lowest BCUT2D eigenvalue weighted by Gasteiger charge is -1.97. The first-order valence-electron chi connectivity index (χ1n) is 6.69. The van der Waals surface area contributed by atoms with Crippen molar-refractivity contribution in [3.8, 4) is 17.1 Å². The van der Waals surface area contributed by atoms with Gasteiger partial charge in [-0.15, -0.1) is 0 Å². The number of phenolic OH excluding ortho intramolecular Hbond substituents is 1. The van der Waals surface area contributed by atoms with Gasteiger partial charge in [0.2, 0.25) is 5.82 Å². The summed E-state index contributed by atoms with van der Waals surface area (Å²) >= 11 is 0. The van der Waals surface area contributed by atoms with E-state index in [1.165, 1.54) is 6.07 Å². The Kier molecular flexibility index (Phi) is 3.70. The van der Waals surface area contributed by atoms with Crippen LogP contribution in [0.1, 0.15) is 17.0 Å². The third kappa shape index (κ3) is 3.03. The molecule has 0 spiro atoms. The van der Waals surface area contributed by atoms with Crippen molar-refractivity contribution in [1.82, 2.24) is 10.1 Å². The van der Waals surface area contributed by atoms with Gasteiger partial charge in [-0.1, -0.05) is 29.4 Å². The molecule has 22 heavy (non-hydrogen) atoms. The molecule has 3 aromatic rings. The molecular formula is C17H13FN2O2. The van der Waals surface area contributed by atoms with Crippen LogP contribution in [0, 0.1) is 12.7 Å². The van der Waals surface area contributed by atoms with E-state index < -0.39 is 0 Å². The fourth-order valence-corrected chi connectivity index (χ4v) is 1.91. The van der Waals surface area contributed by atoms with Crippen LogP contribution in [0.5, 0.6) is 5.75 Å². The topological polar surface area (TPSA) is 59.2 Å². The third-order valence-corrected chi connectivity index (χ3v) is 3.18. The fraction of sp³-hybridized carbons (Fsp3) is 0.0588. The van der Waals surface area contributed by atoms with E-state index in [-0.39, 0.29) is 11.6 Å². The lowest BCUT2D eigenvalue weighted by atomic mass is 10.1. The van der Waals surface area contributed by atoms with Crippen LogP contribution in [0.15, 0.2) is 47.0 Å². The number of aromatic hydroxyl groups is 1. The number of aryl methyl sites for hydroxylation is 1. The molecule has 0 aliphatic heterocycles. The van der Waals surface area contributed by atoms with Crippen molar-refractivity contribution in [3.05, 3.63) is 65.3 Å². The number of phenols is 1. The van der Waals surface area contributed by atoms with Crippen LogP contribution in [0.4, 0.5) is 4.39 Å². The number of rotatable bonds is 3. The van der Waals surface area contributed by atoms with Gasteiger partial charge in [-0.3, -0.25) is 0 Å². The van der Waals surface area contributed by atoms with E-state index in [0.29, 0.717) is 22.8 Å². The molecule has 1 N–H and O–H groups in total. The second-order valence-electron chi connectivity index (χ2n) is 4.85. The van der Waals surface area contributed by atoms with Crippen molar-refractivity contribution in [1.29, 1.82) is 0 Å². The summed E-state index contributed by atoms with van der Waals surface area (Å²) in [7, 11) is 0. The molecule has 0 bridgehead atoms. The maximum absolute atomic E-state index is 13.6. The van der Waals surface area contributed by atoms with E-state index in [0.717, 1.165) is 5.56 Å². The second kappa shape index (κ2) is 5.81. The number of hydrogen-bond donors (Lipinski definition) is 1. The van der Waals surface area contributed by atoms with Gasteiger partial charge in [0, 0.05) is 11.6 Å². The van der Waals surface area contributed by atoms with Crippen molar-refractivity contribution in [2.24, 2.45) is 0 Å². The molecule has 1 heterocycles. The molecule has 5 heteroatoms. The van der Waals surface area contributed by atoms with E-state index in [1.807, 2.05) is 0 Å². The van der Waals surface area contributed by atoms with Crippen molar-refractivity contribution < 1.29 is 14.0 Å². The van der Waals surface area contributed by atoms with Gasteiger partial charge in [-0.05, 0) is 42.3 Å². The molecular weight excluding hydrogens is 283 g/mol. The smallest absolute Gasteiger partial charge is 0.250 e. The van der Waals surface area contributed by atoms with Crippen LogP contribution in [0.2, 0.25) is 0 Å². The van der Waals surface area contributed by atoms with E-state index in [2.05, 4.69) is 10.1 Å². The minimum absolute atomic E-state index is 0.207. The Hall–Kier alpha value is -2.95. The first-order chi connectivity index (χ1) is 10.6. The van der Waals surface area contributed by atoms with Crippen LogP contribution < -0.4 is 0 Å².